The molecule has 0 unspecified atom stereocenters. The molecule has 1 aromatic carbocycles. The summed E-state index contributed by atoms with van der Waals surface area (Å²) in [6.45, 7) is 15.6. The standard InChI is InChI=1S/C11H24N2O.C11H14O2/c1-11(2)13-8-6-12(7-9-13)5-4-10-14-3;1-9(2)11(12)13-8-10-6-4-3-5-7-10/h11H,4-10H2,1-3H3;3-7,9H,8H2,1-2H3. The van der Waals surface area contributed by atoms with Gasteiger partial charge in [0.25, 0.3) is 0 Å². The van der Waals surface area contributed by atoms with E-state index in [0.717, 1.165) is 18.6 Å². The lowest BCUT2D eigenvalue weighted by Crippen LogP contribution is -2.49. The highest BCUT2D eigenvalue weighted by atomic mass is 16.5. The van der Waals surface area contributed by atoms with E-state index in [1.54, 1.807) is 7.11 Å². The van der Waals surface area contributed by atoms with Crippen molar-refractivity contribution in [3.8, 4) is 0 Å². The van der Waals surface area contributed by atoms with E-state index in [4.69, 9.17) is 9.47 Å². The average molecular weight is 379 g/mol. The Labute approximate surface area is 165 Å². The Morgan fingerprint density at radius 2 is 1.67 bits per heavy atom. The summed E-state index contributed by atoms with van der Waals surface area (Å²) in [6.07, 6.45) is 1.16. The number of benzene rings is 1. The van der Waals surface area contributed by atoms with Gasteiger partial charge in [0.1, 0.15) is 6.61 Å². The molecule has 0 atom stereocenters. The zero-order chi connectivity index (χ0) is 20.1. The monoisotopic (exact) mass is 378 g/mol. The Bertz CT molecular complexity index is 498. The Hall–Kier alpha value is -1.43. The van der Waals surface area contributed by atoms with Crippen LogP contribution in [0.4, 0.5) is 0 Å². The van der Waals surface area contributed by atoms with Gasteiger partial charge in [-0.05, 0) is 25.8 Å². The number of methoxy groups -OCH3 is 1. The maximum Gasteiger partial charge on any atom is 0.308 e. The quantitative estimate of drug-likeness (QED) is 0.512. The van der Waals surface area contributed by atoms with Crippen molar-refractivity contribution >= 4 is 5.97 Å². The number of hydrogen-bond acceptors (Lipinski definition) is 5. The van der Waals surface area contributed by atoms with Crippen molar-refractivity contribution in [2.24, 2.45) is 5.92 Å². The van der Waals surface area contributed by atoms with Crippen LogP contribution >= 0.6 is 0 Å². The fraction of sp³-hybridized carbons (Fsp3) is 0.682. The summed E-state index contributed by atoms with van der Waals surface area (Å²) in [6, 6.07) is 10.4. The molecule has 5 heteroatoms. The van der Waals surface area contributed by atoms with Gasteiger partial charge in [0.05, 0.1) is 5.92 Å². The van der Waals surface area contributed by atoms with Crippen LogP contribution in [-0.2, 0) is 20.9 Å². The molecule has 1 saturated heterocycles. The van der Waals surface area contributed by atoms with Gasteiger partial charge in [-0.1, -0.05) is 44.2 Å². The number of piperazine rings is 1. The minimum Gasteiger partial charge on any atom is -0.461 e. The van der Waals surface area contributed by atoms with E-state index >= 15 is 0 Å². The number of rotatable bonds is 8. The Morgan fingerprint density at radius 3 is 2.19 bits per heavy atom. The van der Waals surface area contributed by atoms with Crippen LogP contribution in [0.25, 0.3) is 0 Å². The van der Waals surface area contributed by atoms with Gasteiger partial charge in [-0.15, -0.1) is 0 Å². The maximum absolute atomic E-state index is 11.1. The number of ether oxygens (including phenoxy) is 2. The molecule has 1 aliphatic heterocycles. The van der Waals surface area contributed by atoms with Gasteiger partial charge in [0, 0.05) is 52.5 Å². The van der Waals surface area contributed by atoms with Crippen molar-refractivity contribution in [1.82, 2.24) is 9.80 Å². The van der Waals surface area contributed by atoms with Gasteiger partial charge in [-0.2, -0.15) is 0 Å². The molecule has 1 aromatic rings. The molecular weight excluding hydrogens is 340 g/mol. The van der Waals surface area contributed by atoms with E-state index in [1.807, 2.05) is 44.2 Å². The molecule has 1 fully saturated rings. The molecule has 0 bridgehead atoms. The van der Waals surface area contributed by atoms with E-state index in [2.05, 4.69) is 23.6 Å². The molecule has 5 nitrogen and oxygen atoms in total. The molecular formula is C22H38N2O3. The van der Waals surface area contributed by atoms with Crippen LogP contribution in [-0.4, -0.2) is 68.3 Å². The third-order valence-corrected chi connectivity index (χ3v) is 4.66. The largest absolute Gasteiger partial charge is 0.461 e. The van der Waals surface area contributed by atoms with E-state index in [9.17, 15) is 4.79 Å². The van der Waals surface area contributed by atoms with Crippen molar-refractivity contribution in [2.45, 2.75) is 46.8 Å². The van der Waals surface area contributed by atoms with Gasteiger partial charge in [-0.3, -0.25) is 9.69 Å². The Balaban J connectivity index is 0.000000271. The summed E-state index contributed by atoms with van der Waals surface area (Å²) in [7, 11) is 1.77. The molecule has 154 valence electrons. The van der Waals surface area contributed by atoms with Gasteiger partial charge in [-0.25, -0.2) is 0 Å². The van der Waals surface area contributed by atoms with Crippen LogP contribution in [0.1, 0.15) is 39.7 Å². The summed E-state index contributed by atoms with van der Waals surface area (Å²) >= 11 is 0. The summed E-state index contributed by atoms with van der Waals surface area (Å²) in [5.74, 6) is -0.201. The van der Waals surface area contributed by atoms with Crippen LogP contribution in [0.3, 0.4) is 0 Å². The van der Waals surface area contributed by atoms with Crippen LogP contribution in [0.5, 0.6) is 0 Å². The lowest BCUT2D eigenvalue weighted by molar-refractivity contribution is -0.148. The second kappa shape index (κ2) is 13.7. The van der Waals surface area contributed by atoms with Gasteiger partial charge >= 0.3 is 5.97 Å². The van der Waals surface area contributed by atoms with Crippen molar-refractivity contribution in [1.29, 1.82) is 0 Å². The lowest BCUT2D eigenvalue weighted by atomic mass is 10.2. The van der Waals surface area contributed by atoms with Gasteiger partial charge < -0.3 is 14.4 Å². The van der Waals surface area contributed by atoms with Crippen molar-refractivity contribution in [3.05, 3.63) is 35.9 Å². The Morgan fingerprint density at radius 1 is 1.04 bits per heavy atom. The number of carbonyl (C=O) groups excluding carboxylic acids is 1. The first-order valence-corrected chi connectivity index (χ1v) is 10.1. The minimum absolute atomic E-state index is 0.0521. The molecule has 0 aromatic heterocycles. The van der Waals surface area contributed by atoms with Crippen LogP contribution in [0.2, 0.25) is 0 Å². The molecule has 0 amide bonds. The smallest absolute Gasteiger partial charge is 0.308 e. The molecule has 0 aliphatic carbocycles. The summed E-state index contributed by atoms with van der Waals surface area (Å²) in [5.41, 5.74) is 1.02. The Kier molecular flexibility index (Phi) is 12.0. The predicted octanol–water partition coefficient (Wildman–Crippen LogP) is 3.43. The molecule has 2 rings (SSSR count). The molecule has 0 radical (unpaired) electrons. The SMILES string of the molecule is CC(C)C(=O)OCc1ccccc1.COCCCN1CCN(C(C)C)CC1. The van der Waals surface area contributed by atoms with Crippen molar-refractivity contribution in [2.75, 3.05) is 46.4 Å². The predicted molar refractivity (Wildman–Crippen MR) is 111 cm³/mol. The van der Waals surface area contributed by atoms with Crippen LogP contribution < -0.4 is 0 Å². The average Bonchev–Trinajstić information content (AvgIpc) is 2.68. The number of esters is 1. The van der Waals surface area contributed by atoms with Crippen molar-refractivity contribution < 1.29 is 14.3 Å². The second-order valence-electron chi connectivity index (χ2n) is 7.57. The molecule has 1 heterocycles. The molecule has 1 aliphatic rings. The lowest BCUT2D eigenvalue weighted by Gasteiger charge is -2.36. The first kappa shape index (κ1) is 23.6. The zero-order valence-corrected chi connectivity index (χ0v) is 17.8. The van der Waals surface area contributed by atoms with E-state index in [1.165, 1.54) is 32.7 Å². The van der Waals surface area contributed by atoms with Gasteiger partial charge in [0.15, 0.2) is 0 Å². The first-order chi connectivity index (χ1) is 12.9. The fourth-order valence-corrected chi connectivity index (χ4v) is 2.83. The summed E-state index contributed by atoms with van der Waals surface area (Å²) in [4.78, 5) is 16.2. The molecule has 0 N–H and O–H groups in total. The molecule has 27 heavy (non-hydrogen) atoms. The number of hydrogen-bond donors (Lipinski definition) is 0. The maximum atomic E-state index is 11.1. The van der Waals surface area contributed by atoms with Crippen molar-refractivity contribution in [3.63, 3.8) is 0 Å². The van der Waals surface area contributed by atoms with Crippen LogP contribution in [0, 0.1) is 5.92 Å². The third kappa shape index (κ3) is 10.5. The fourth-order valence-electron chi connectivity index (χ4n) is 2.83. The highest BCUT2D eigenvalue weighted by molar-refractivity contribution is 5.71. The molecule has 0 saturated carbocycles. The summed E-state index contributed by atoms with van der Waals surface area (Å²) < 4.78 is 10.1. The van der Waals surface area contributed by atoms with Gasteiger partial charge in [0.2, 0.25) is 0 Å². The van der Waals surface area contributed by atoms with Crippen LogP contribution in [0.15, 0.2) is 30.3 Å². The first-order valence-electron chi connectivity index (χ1n) is 10.1. The third-order valence-electron chi connectivity index (χ3n) is 4.66. The highest BCUT2D eigenvalue weighted by Gasteiger charge is 2.17. The number of nitrogens with zero attached hydrogens (tertiary/aromatic N) is 2. The minimum atomic E-state index is -0.149. The zero-order valence-electron chi connectivity index (χ0n) is 17.8. The highest BCUT2D eigenvalue weighted by Crippen LogP contribution is 2.06. The second-order valence-corrected chi connectivity index (χ2v) is 7.57. The normalized spacial score (nSPS) is 15.5. The summed E-state index contributed by atoms with van der Waals surface area (Å²) in [5, 5.41) is 0. The topological polar surface area (TPSA) is 42.0 Å². The van der Waals surface area contributed by atoms with E-state index < -0.39 is 0 Å². The number of carbonyl (C=O) groups is 1. The molecule has 0 spiro atoms. The van der Waals surface area contributed by atoms with E-state index in [0.29, 0.717) is 12.6 Å². The van der Waals surface area contributed by atoms with E-state index in [-0.39, 0.29) is 11.9 Å².